The summed E-state index contributed by atoms with van der Waals surface area (Å²) in [6.07, 6.45) is 4.00. The molecule has 0 atom stereocenters. The molecule has 14 heavy (non-hydrogen) atoms. The van der Waals surface area contributed by atoms with Gasteiger partial charge in [-0.25, -0.2) is 4.98 Å². The lowest BCUT2D eigenvalue weighted by atomic mass is 10.1. The number of hydrogen-bond acceptors (Lipinski definition) is 3. The van der Waals surface area contributed by atoms with Crippen LogP contribution >= 0.6 is 11.6 Å². The molecule has 76 valence electrons. The fraction of sp³-hybridized carbons (Fsp3) is 0.500. The second kappa shape index (κ2) is 4.62. The Morgan fingerprint density at radius 3 is 2.79 bits per heavy atom. The fourth-order valence-corrected chi connectivity index (χ4v) is 1.63. The Kier molecular flexibility index (Phi) is 3.22. The summed E-state index contributed by atoms with van der Waals surface area (Å²) in [5.41, 5.74) is 0. The van der Waals surface area contributed by atoms with Gasteiger partial charge in [0.1, 0.15) is 6.10 Å². The molecule has 1 saturated heterocycles. The van der Waals surface area contributed by atoms with Crippen LogP contribution in [0.2, 0.25) is 5.02 Å². The zero-order valence-electron chi connectivity index (χ0n) is 7.87. The summed E-state index contributed by atoms with van der Waals surface area (Å²) in [5.74, 6) is 0.668. The van der Waals surface area contributed by atoms with Crippen molar-refractivity contribution >= 4 is 11.6 Å². The van der Waals surface area contributed by atoms with Crippen molar-refractivity contribution in [3.8, 4) is 5.88 Å². The molecule has 1 fully saturated rings. The average Bonchev–Trinajstić information content (AvgIpc) is 2.23. The molecule has 4 heteroatoms. The number of nitrogens with zero attached hydrogens (tertiary/aromatic N) is 1. The third-order valence-electron chi connectivity index (χ3n) is 2.27. The summed E-state index contributed by atoms with van der Waals surface area (Å²) in [7, 11) is 0. The third-order valence-corrected chi connectivity index (χ3v) is 2.50. The van der Waals surface area contributed by atoms with E-state index in [0.29, 0.717) is 17.0 Å². The zero-order chi connectivity index (χ0) is 9.80. The number of aromatic nitrogens is 1. The lowest BCUT2D eigenvalue weighted by Crippen LogP contribution is -2.34. The van der Waals surface area contributed by atoms with Crippen LogP contribution < -0.4 is 10.1 Å². The first-order valence-corrected chi connectivity index (χ1v) is 5.21. The first kappa shape index (κ1) is 9.74. The molecule has 2 heterocycles. The monoisotopic (exact) mass is 212 g/mol. The molecule has 0 unspecified atom stereocenters. The van der Waals surface area contributed by atoms with E-state index in [4.69, 9.17) is 16.3 Å². The van der Waals surface area contributed by atoms with Gasteiger partial charge in [-0.2, -0.15) is 0 Å². The molecule has 1 aliphatic rings. The molecular formula is C10H13ClN2O. The van der Waals surface area contributed by atoms with Crippen molar-refractivity contribution in [2.75, 3.05) is 13.1 Å². The molecule has 0 amide bonds. The summed E-state index contributed by atoms with van der Waals surface area (Å²) < 4.78 is 5.70. The van der Waals surface area contributed by atoms with E-state index in [1.54, 1.807) is 12.3 Å². The van der Waals surface area contributed by atoms with Gasteiger partial charge in [0.2, 0.25) is 5.88 Å². The number of ether oxygens (including phenoxy) is 1. The van der Waals surface area contributed by atoms with Crippen molar-refractivity contribution in [1.82, 2.24) is 10.3 Å². The van der Waals surface area contributed by atoms with Crippen molar-refractivity contribution in [2.24, 2.45) is 0 Å². The lowest BCUT2D eigenvalue weighted by molar-refractivity contribution is 0.156. The topological polar surface area (TPSA) is 34.1 Å². The number of halogens is 1. The largest absolute Gasteiger partial charge is 0.474 e. The van der Waals surface area contributed by atoms with Gasteiger partial charge in [0.15, 0.2) is 0 Å². The second-order valence-electron chi connectivity index (χ2n) is 3.38. The molecule has 0 aliphatic carbocycles. The number of hydrogen-bond donors (Lipinski definition) is 1. The highest BCUT2D eigenvalue weighted by Gasteiger charge is 2.14. The smallest absolute Gasteiger partial charge is 0.213 e. The SMILES string of the molecule is Clc1ccc(OC2CCNCC2)nc1. The van der Waals surface area contributed by atoms with Gasteiger partial charge in [-0.15, -0.1) is 0 Å². The van der Waals surface area contributed by atoms with Gasteiger partial charge in [-0.1, -0.05) is 11.6 Å². The van der Waals surface area contributed by atoms with Gasteiger partial charge in [0.25, 0.3) is 0 Å². The van der Waals surface area contributed by atoms with Crippen molar-refractivity contribution in [3.05, 3.63) is 23.4 Å². The van der Waals surface area contributed by atoms with Crippen LogP contribution in [0.4, 0.5) is 0 Å². The standard InChI is InChI=1S/C10H13ClN2O/c11-8-1-2-10(13-7-8)14-9-3-5-12-6-4-9/h1-2,7,9,12H,3-6H2. The maximum atomic E-state index is 5.73. The maximum Gasteiger partial charge on any atom is 0.213 e. The molecular weight excluding hydrogens is 200 g/mol. The summed E-state index contributed by atoms with van der Waals surface area (Å²) >= 11 is 5.73. The number of nitrogens with one attached hydrogen (secondary N) is 1. The van der Waals surface area contributed by atoms with Gasteiger partial charge < -0.3 is 10.1 Å². The Labute approximate surface area is 88.4 Å². The van der Waals surface area contributed by atoms with Crippen LogP contribution in [-0.2, 0) is 0 Å². The van der Waals surface area contributed by atoms with Crippen LogP contribution in [0.1, 0.15) is 12.8 Å². The third kappa shape index (κ3) is 2.59. The molecule has 3 nitrogen and oxygen atoms in total. The van der Waals surface area contributed by atoms with Crippen molar-refractivity contribution < 1.29 is 4.74 Å². The van der Waals surface area contributed by atoms with Crippen LogP contribution in [-0.4, -0.2) is 24.2 Å². The van der Waals surface area contributed by atoms with E-state index in [0.717, 1.165) is 25.9 Å². The molecule has 0 aromatic carbocycles. The van der Waals surface area contributed by atoms with Crippen molar-refractivity contribution in [3.63, 3.8) is 0 Å². The van der Waals surface area contributed by atoms with E-state index in [-0.39, 0.29) is 0 Å². The molecule has 2 rings (SSSR count). The Morgan fingerprint density at radius 2 is 2.14 bits per heavy atom. The van der Waals surface area contributed by atoms with E-state index >= 15 is 0 Å². The van der Waals surface area contributed by atoms with Gasteiger partial charge in [0.05, 0.1) is 5.02 Å². The van der Waals surface area contributed by atoms with Crippen LogP contribution in [0.25, 0.3) is 0 Å². The van der Waals surface area contributed by atoms with E-state index in [9.17, 15) is 0 Å². The highest BCUT2D eigenvalue weighted by atomic mass is 35.5. The first-order valence-electron chi connectivity index (χ1n) is 4.83. The molecule has 0 saturated carbocycles. The Hall–Kier alpha value is -0.800. The molecule has 1 aromatic rings. The highest BCUT2D eigenvalue weighted by Crippen LogP contribution is 2.15. The van der Waals surface area contributed by atoms with Crippen molar-refractivity contribution in [2.45, 2.75) is 18.9 Å². The molecule has 0 spiro atoms. The zero-order valence-corrected chi connectivity index (χ0v) is 8.63. The predicted molar refractivity (Wildman–Crippen MR) is 55.8 cm³/mol. The molecule has 0 bridgehead atoms. The molecule has 1 aliphatic heterocycles. The summed E-state index contributed by atoms with van der Waals surface area (Å²) in [4.78, 5) is 4.10. The van der Waals surface area contributed by atoms with Gasteiger partial charge in [-0.3, -0.25) is 0 Å². The average molecular weight is 213 g/mol. The lowest BCUT2D eigenvalue weighted by Gasteiger charge is -2.23. The van der Waals surface area contributed by atoms with Crippen LogP contribution in [0, 0.1) is 0 Å². The summed E-state index contributed by atoms with van der Waals surface area (Å²) in [5, 5.41) is 3.93. The normalized spacial score (nSPS) is 18.1. The van der Waals surface area contributed by atoms with Gasteiger partial charge in [0, 0.05) is 12.3 Å². The minimum absolute atomic E-state index is 0.296. The van der Waals surface area contributed by atoms with Crippen LogP contribution in [0.5, 0.6) is 5.88 Å². The summed E-state index contributed by atoms with van der Waals surface area (Å²) in [6.45, 7) is 2.05. The van der Waals surface area contributed by atoms with Crippen LogP contribution in [0.3, 0.4) is 0 Å². The number of piperidine rings is 1. The van der Waals surface area contributed by atoms with E-state index in [1.807, 2.05) is 6.07 Å². The minimum Gasteiger partial charge on any atom is -0.474 e. The highest BCUT2D eigenvalue weighted by molar-refractivity contribution is 6.30. The maximum absolute atomic E-state index is 5.73. The Balaban J connectivity index is 1.92. The Morgan fingerprint density at radius 1 is 1.36 bits per heavy atom. The first-order chi connectivity index (χ1) is 6.84. The van der Waals surface area contributed by atoms with Crippen molar-refractivity contribution in [1.29, 1.82) is 0 Å². The minimum atomic E-state index is 0.296. The van der Waals surface area contributed by atoms with E-state index in [1.165, 1.54) is 0 Å². The quantitative estimate of drug-likeness (QED) is 0.813. The number of pyridine rings is 1. The Bertz CT molecular complexity index is 283. The van der Waals surface area contributed by atoms with E-state index < -0.39 is 0 Å². The van der Waals surface area contributed by atoms with Gasteiger partial charge in [-0.05, 0) is 32.0 Å². The molecule has 0 radical (unpaired) electrons. The van der Waals surface area contributed by atoms with E-state index in [2.05, 4.69) is 10.3 Å². The van der Waals surface area contributed by atoms with Crippen LogP contribution in [0.15, 0.2) is 18.3 Å². The molecule has 1 N–H and O–H groups in total. The second-order valence-corrected chi connectivity index (χ2v) is 3.82. The summed E-state index contributed by atoms with van der Waals surface area (Å²) in [6, 6.07) is 3.61. The van der Waals surface area contributed by atoms with Gasteiger partial charge >= 0.3 is 0 Å². The predicted octanol–water partition coefficient (Wildman–Crippen LogP) is 1.87. The number of rotatable bonds is 2. The molecule has 1 aromatic heterocycles. The fourth-order valence-electron chi connectivity index (χ4n) is 1.52.